The molecule has 5 heteroatoms. The van der Waals surface area contributed by atoms with Crippen molar-refractivity contribution in [2.45, 2.75) is 64.0 Å². The fraction of sp³-hybridized carbons (Fsp3) is 0.812. The van der Waals surface area contributed by atoms with Crippen molar-refractivity contribution < 1.29 is 4.74 Å². The van der Waals surface area contributed by atoms with Gasteiger partial charge in [0, 0.05) is 19.1 Å². The number of ether oxygens (including phenoxy) is 1. The van der Waals surface area contributed by atoms with Crippen molar-refractivity contribution in [2.75, 3.05) is 20.3 Å². The first-order valence-corrected chi connectivity index (χ1v) is 8.57. The van der Waals surface area contributed by atoms with E-state index < -0.39 is 0 Å². The monoisotopic (exact) mass is 313 g/mol. The van der Waals surface area contributed by atoms with Gasteiger partial charge >= 0.3 is 0 Å². The van der Waals surface area contributed by atoms with Crippen LogP contribution in [-0.2, 0) is 11.3 Å². The Labute approximate surface area is 133 Å². The molecule has 2 unspecified atom stereocenters. The molecule has 2 atom stereocenters. The van der Waals surface area contributed by atoms with E-state index in [1.807, 2.05) is 4.68 Å². The fourth-order valence-electron chi connectivity index (χ4n) is 3.28. The molecule has 0 spiro atoms. The Morgan fingerprint density at radius 3 is 3.00 bits per heavy atom. The largest absolute Gasteiger partial charge is 0.383 e. The van der Waals surface area contributed by atoms with Crippen LogP contribution in [0.3, 0.4) is 0 Å². The molecule has 1 aromatic heterocycles. The number of aromatic nitrogens is 2. The Balaban J connectivity index is 2.09. The predicted octanol–water partition coefficient (Wildman–Crippen LogP) is 3.60. The fourth-order valence-corrected chi connectivity index (χ4v) is 3.57. The van der Waals surface area contributed by atoms with Crippen molar-refractivity contribution in [1.29, 1.82) is 0 Å². The quantitative estimate of drug-likeness (QED) is 0.782. The maximum Gasteiger partial charge on any atom is 0.0820 e. The first-order valence-electron chi connectivity index (χ1n) is 8.19. The summed E-state index contributed by atoms with van der Waals surface area (Å²) in [5.41, 5.74) is 1.21. The third kappa shape index (κ3) is 4.70. The Morgan fingerprint density at radius 2 is 2.24 bits per heavy atom. The van der Waals surface area contributed by atoms with E-state index >= 15 is 0 Å². The summed E-state index contributed by atoms with van der Waals surface area (Å²) in [6, 6.07) is 0.610. The molecule has 0 amide bonds. The van der Waals surface area contributed by atoms with E-state index in [0.717, 1.165) is 18.1 Å². The topological polar surface area (TPSA) is 39.1 Å². The van der Waals surface area contributed by atoms with Gasteiger partial charge < -0.3 is 10.1 Å². The van der Waals surface area contributed by atoms with Gasteiger partial charge in [-0.05, 0) is 32.2 Å². The molecule has 4 nitrogen and oxygen atoms in total. The second-order valence-electron chi connectivity index (χ2n) is 5.96. The molecule has 21 heavy (non-hydrogen) atoms. The molecule has 1 aliphatic carbocycles. The van der Waals surface area contributed by atoms with Crippen molar-refractivity contribution in [3.05, 3.63) is 16.9 Å². The summed E-state index contributed by atoms with van der Waals surface area (Å²) in [4.78, 5) is 0. The van der Waals surface area contributed by atoms with Gasteiger partial charge in [0.2, 0.25) is 0 Å². The number of halogens is 1. The summed E-state index contributed by atoms with van der Waals surface area (Å²) in [5.74, 6) is 0.508. The minimum absolute atomic E-state index is 0.508. The van der Waals surface area contributed by atoms with Crippen molar-refractivity contribution >= 4 is 11.6 Å². The van der Waals surface area contributed by atoms with Gasteiger partial charge in [0.25, 0.3) is 0 Å². The van der Waals surface area contributed by atoms with Crippen molar-refractivity contribution in [1.82, 2.24) is 15.1 Å². The number of nitrogens with zero attached hydrogens (tertiary/aromatic N) is 2. The number of hydrogen-bond donors (Lipinski definition) is 1. The lowest BCUT2D eigenvalue weighted by Crippen LogP contribution is -2.30. The molecular formula is C16H28ClN3O. The Morgan fingerprint density at radius 1 is 1.43 bits per heavy atom. The van der Waals surface area contributed by atoms with E-state index in [1.165, 1.54) is 44.2 Å². The highest BCUT2D eigenvalue weighted by atomic mass is 35.5. The van der Waals surface area contributed by atoms with Crippen molar-refractivity contribution in [3.63, 3.8) is 0 Å². The van der Waals surface area contributed by atoms with E-state index in [0.29, 0.717) is 18.6 Å². The zero-order chi connectivity index (χ0) is 15.1. The van der Waals surface area contributed by atoms with E-state index in [9.17, 15) is 0 Å². The summed E-state index contributed by atoms with van der Waals surface area (Å²) in [7, 11) is 1.72. The maximum absolute atomic E-state index is 6.42. The number of methoxy groups -OCH3 is 1. The van der Waals surface area contributed by atoms with Gasteiger partial charge in [-0.3, -0.25) is 4.68 Å². The zero-order valence-electron chi connectivity index (χ0n) is 13.3. The van der Waals surface area contributed by atoms with E-state index in [4.69, 9.17) is 16.3 Å². The van der Waals surface area contributed by atoms with Crippen LogP contribution in [0.15, 0.2) is 6.20 Å². The Kier molecular flexibility index (Phi) is 7.00. The molecule has 1 aliphatic rings. The van der Waals surface area contributed by atoms with Crippen LogP contribution in [0.4, 0.5) is 0 Å². The molecule has 0 bridgehead atoms. The van der Waals surface area contributed by atoms with E-state index in [2.05, 4.69) is 17.3 Å². The molecule has 0 saturated heterocycles. The molecule has 2 rings (SSSR count). The number of rotatable bonds is 7. The molecule has 1 aromatic rings. The van der Waals surface area contributed by atoms with Gasteiger partial charge in [-0.2, -0.15) is 5.10 Å². The maximum atomic E-state index is 6.42. The lowest BCUT2D eigenvalue weighted by atomic mass is 9.94. The molecule has 0 aromatic carbocycles. The Hall–Kier alpha value is -0.580. The van der Waals surface area contributed by atoms with Gasteiger partial charge in [0.15, 0.2) is 0 Å². The SMILES string of the molecule is CCCNC1CCCCC(c2c(Cl)cnn2CCOC)C1. The molecule has 1 N–H and O–H groups in total. The van der Waals surface area contributed by atoms with Gasteiger partial charge in [0.05, 0.1) is 30.1 Å². The molecule has 1 saturated carbocycles. The first-order chi connectivity index (χ1) is 10.3. The zero-order valence-corrected chi connectivity index (χ0v) is 14.0. The Bertz CT molecular complexity index is 422. The molecule has 0 radical (unpaired) electrons. The summed E-state index contributed by atoms with van der Waals surface area (Å²) in [5, 5.41) is 8.93. The van der Waals surface area contributed by atoms with E-state index in [1.54, 1.807) is 13.3 Å². The van der Waals surface area contributed by atoms with Crippen LogP contribution < -0.4 is 5.32 Å². The molecule has 1 fully saturated rings. The summed E-state index contributed by atoms with van der Waals surface area (Å²) >= 11 is 6.42. The standard InChI is InChI=1S/C16H28ClN3O/c1-3-8-18-14-7-5-4-6-13(11-14)16-15(17)12-19-20(16)9-10-21-2/h12-14,18H,3-11H2,1-2H3. The highest BCUT2D eigenvalue weighted by molar-refractivity contribution is 6.31. The van der Waals surface area contributed by atoms with Crippen LogP contribution in [0.5, 0.6) is 0 Å². The molecule has 120 valence electrons. The van der Waals surface area contributed by atoms with Crippen molar-refractivity contribution in [2.24, 2.45) is 0 Å². The van der Waals surface area contributed by atoms with Crippen LogP contribution in [0.25, 0.3) is 0 Å². The third-order valence-electron chi connectivity index (χ3n) is 4.33. The molecule has 0 aliphatic heterocycles. The van der Waals surface area contributed by atoms with Crippen LogP contribution >= 0.6 is 11.6 Å². The summed E-state index contributed by atoms with van der Waals surface area (Å²) in [6.45, 7) is 4.78. The normalized spacial score (nSPS) is 23.2. The van der Waals surface area contributed by atoms with Gasteiger partial charge in [-0.25, -0.2) is 0 Å². The smallest absolute Gasteiger partial charge is 0.0820 e. The van der Waals surface area contributed by atoms with Crippen molar-refractivity contribution in [3.8, 4) is 0 Å². The first kappa shape index (κ1) is 16.8. The average Bonchev–Trinajstić information content (AvgIpc) is 2.71. The lowest BCUT2D eigenvalue weighted by molar-refractivity contribution is 0.181. The second-order valence-corrected chi connectivity index (χ2v) is 6.37. The third-order valence-corrected chi connectivity index (χ3v) is 4.63. The van der Waals surface area contributed by atoms with Crippen LogP contribution in [0, 0.1) is 0 Å². The highest BCUT2D eigenvalue weighted by Gasteiger charge is 2.25. The second kappa shape index (κ2) is 8.76. The van der Waals surface area contributed by atoms with Gasteiger partial charge in [-0.1, -0.05) is 31.4 Å². The van der Waals surface area contributed by atoms with Gasteiger partial charge in [0.1, 0.15) is 0 Å². The minimum atomic E-state index is 0.508. The van der Waals surface area contributed by atoms with Crippen LogP contribution in [0.1, 0.15) is 57.1 Å². The predicted molar refractivity (Wildman–Crippen MR) is 87.0 cm³/mol. The lowest BCUT2D eigenvalue weighted by Gasteiger charge is -2.22. The molecule has 1 heterocycles. The number of nitrogens with one attached hydrogen (secondary N) is 1. The molecular weight excluding hydrogens is 286 g/mol. The minimum Gasteiger partial charge on any atom is -0.383 e. The average molecular weight is 314 g/mol. The van der Waals surface area contributed by atoms with Gasteiger partial charge in [-0.15, -0.1) is 0 Å². The van der Waals surface area contributed by atoms with Crippen LogP contribution in [-0.4, -0.2) is 36.1 Å². The van der Waals surface area contributed by atoms with E-state index in [-0.39, 0.29) is 0 Å². The summed E-state index contributed by atoms with van der Waals surface area (Å²) in [6.07, 6.45) is 9.21. The number of hydrogen-bond acceptors (Lipinski definition) is 3. The summed E-state index contributed by atoms with van der Waals surface area (Å²) < 4.78 is 7.22. The highest BCUT2D eigenvalue weighted by Crippen LogP contribution is 2.35. The van der Waals surface area contributed by atoms with Crippen LogP contribution in [0.2, 0.25) is 5.02 Å².